The third kappa shape index (κ3) is 7.34. The van der Waals surface area contributed by atoms with Crippen LogP contribution in [0.3, 0.4) is 0 Å². The lowest BCUT2D eigenvalue weighted by Gasteiger charge is -2.33. The highest BCUT2D eigenvalue weighted by Crippen LogP contribution is 2.19. The topological polar surface area (TPSA) is 27.3 Å². The smallest absolute Gasteiger partial charge is 0.166 e. The highest BCUT2D eigenvalue weighted by molar-refractivity contribution is 7.99. The zero-order valence-corrected chi connectivity index (χ0v) is 17.8. The van der Waals surface area contributed by atoms with E-state index in [1.165, 1.54) is 10.5 Å². The quantitative estimate of drug-likeness (QED) is 0.390. The molecule has 1 saturated heterocycles. The zero-order valence-electron chi connectivity index (χ0n) is 15.4. The molecule has 0 spiro atoms. The van der Waals surface area contributed by atoms with Gasteiger partial charge in [-0.1, -0.05) is 41.9 Å². The van der Waals surface area contributed by atoms with Gasteiger partial charge in [-0.2, -0.15) is 0 Å². The minimum Gasteiger partial charge on any atom is -0.362 e. The van der Waals surface area contributed by atoms with Crippen molar-refractivity contribution < 1.29 is 0 Å². The fourth-order valence-electron chi connectivity index (χ4n) is 3.18. The first-order valence-electron chi connectivity index (χ1n) is 9.38. The van der Waals surface area contributed by atoms with Crippen LogP contribution in [-0.4, -0.2) is 41.4 Å². The first-order valence-corrected chi connectivity index (χ1v) is 11.2. The standard InChI is InChI=1S/C21H26ClN3S2/c22-18-6-8-20(9-7-18)27-15-12-23-21(26)24-19-10-13-25(14-11-19)16-17-4-2-1-3-5-17/h1-9,19H,10-16H2,(H2,23,24,26). The molecule has 27 heavy (non-hydrogen) atoms. The van der Waals surface area contributed by atoms with Crippen molar-refractivity contribution >= 4 is 40.7 Å². The van der Waals surface area contributed by atoms with Crippen molar-refractivity contribution in [2.75, 3.05) is 25.4 Å². The molecule has 3 nitrogen and oxygen atoms in total. The minimum absolute atomic E-state index is 0.473. The van der Waals surface area contributed by atoms with Crippen LogP contribution in [0.25, 0.3) is 0 Å². The number of thioether (sulfide) groups is 1. The van der Waals surface area contributed by atoms with Crippen molar-refractivity contribution in [3.05, 3.63) is 65.2 Å². The van der Waals surface area contributed by atoms with Crippen molar-refractivity contribution in [3.63, 3.8) is 0 Å². The Labute approximate surface area is 176 Å². The predicted molar refractivity (Wildman–Crippen MR) is 121 cm³/mol. The molecule has 144 valence electrons. The van der Waals surface area contributed by atoms with Crippen LogP contribution < -0.4 is 10.6 Å². The van der Waals surface area contributed by atoms with Crippen LogP contribution in [0.4, 0.5) is 0 Å². The van der Waals surface area contributed by atoms with Gasteiger partial charge >= 0.3 is 0 Å². The van der Waals surface area contributed by atoms with Gasteiger partial charge in [0.05, 0.1) is 0 Å². The number of benzene rings is 2. The summed E-state index contributed by atoms with van der Waals surface area (Å²) >= 11 is 13.2. The number of rotatable bonds is 7. The molecule has 2 aromatic rings. The third-order valence-corrected chi connectivity index (χ3v) is 6.17. The fraction of sp³-hybridized carbons (Fsp3) is 0.381. The predicted octanol–water partition coefficient (Wildman–Crippen LogP) is 4.56. The molecule has 1 aliphatic heterocycles. The summed E-state index contributed by atoms with van der Waals surface area (Å²) in [4.78, 5) is 3.75. The SMILES string of the molecule is S=C(NCCSc1ccc(Cl)cc1)NC1CCN(Cc2ccccc2)CC1. The Morgan fingerprint density at radius 2 is 1.78 bits per heavy atom. The maximum atomic E-state index is 5.91. The van der Waals surface area contributed by atoms with Gasteiger partial charge in [0.2, 0.25) is 0 Å². The lowest BCUT2D eigenvalue weighted by molar-refractivity contribution is 0.199. The maximum absolute atomic E-state index is 5.91. The maximum Gasteiger partial charge on any atom is 0.166 e. The van der Waals surface area contributed by atoms with E-state index in [0.29, 0.717) is 6.04 Å². The van der Waals surface area contributed by atoms with Gasteiger partial charge in [-0.15, -0.1) is 11.8 Å². The molecule has 2 N–H and O–H groups in total. The summed E-state index contributed by atoms with van der Waals surface area (Å²) in [6, 6.07) is 19.1. The van der Waals surface area contributed by atoms with Crippen LogP contribution in [0.1, 0.15) is 18.4 Å². The van der Waals surface area contributed by atoms with Crippen LogP contribution >= 0.6 is 35.6 Å². The summed E-state index contributed by atoms with van der Waals surface area (Å²) in [6.07, 6.45) is 2.27. The van der Waals surface area contributed by atoms with Crippen LogP contribution in [0.5, 0.6) is 0 Å². The molecule has 0 radical (unpaired) electrons. The Kier molecular flexibility index (Phi) is 8.27. The first-order chi connectivity index (χ1) is 13.2. The second kappa shape index (κ2) is 10.9. The molecule has 0 bridgehead atoms. The van der Waals surface area contributed by atoms with E-state index in [2.05, 4.69) is 45.9 Å². The molecule has 0 aliphatic carbocycles. The van der Waals surface area contributed by atoms with Gasteiger partial charge in [0.1, 0.15) is 0 Å². The van der Waals surface area contributed by atoms with E-state index in [9.17, 15) is 0 Å². The first kappa shape index (κ1) is 20.5. The van der Waals surface area contributed by atoms with Crippen LogP contribution in [0.15, 0.2) is 59.5 Å². The number of thiocarbonyl (C=S) groups is 1. The number of piperidine rings is 1. The van der Waals surface area contributed by atoms with E-state index < -0.39 is 0 Å². The van der Waals surface area contributed by atoms with Crippen LogP contribution in [0.2, 0.25) is 5.02 Å². The molecule has 6 heteroatoms. The normalized spacial score (nSPS) is 15.4. The summed E-state index contributed by atoms with van der Waals surface area (Å²) in [6.45, 7) is 4.12. The van der Waals surface area contributed by atoms with Crippen molar-refractivity contribution in [1.29, 1.82) is 0 Å². The lowest BCUT2D eigenvalue weighted by Crippen LogP contribution is -2.47. The molecule has 0 amide bonds. The van der Waals surface area contributed by atoms with Crippen molar-refractivity contribution in [1.82, 2.24) is 15.5 Å². The Bertz CT molecular complexity index is 701. The highest BCUT2D eigenvalue weighted by Gasteiger charge is 2.19. The zero-order chi connectivity index (χ0) is 18.9. The summed E-state index contributed by atoms with van der Waals surface area (Å²) in [5.74, 6) is 0.971. The van der Waals surface area contributed by atoms with E-state index in [1.54, 1.807) is 11.8 Å². The van der Waals surface area contributed by atoms with E-state index in [0.717, 1.165) is 54.9 Å². The molecule has 3 rings (SSSR count). The highest BCUT2D eigenvalue weighted by atomic mass is 35.5. The van der Waals surface area contributed by atoms with Gasteiger partial charge < -0.3 is 10.6 Å². The number of likely N-dealkylation sites (tertiary alicyclic amines) is 1. The Balaban J connectivity index is 1.28. The Morgan fingerprint density at radius 1 is 1.07 bits per heavy atom. The summed E-state index contributed by atoms with van der Waals surface area (Å²) in [5, 5.41) is 8.35. The van der Waals surface area contributed by atoms with Crippen molar-refractivity contribution in [2.24, 2.45) is 0 Å². The van der Waals surface area contributed by atoms with Crippen molar-refractivity contribution in [3.8, 4) is 0 Å². The second-order valence-corrected chi connectivity index (χ2v) is 8.75. The molecule has 0 unspecified atom stereocenters. The third-order valence-electron chi connectivity index (χ3n) is 4.64. The number of hydrogen-bond acceptors (Lipinski definition) is 3. The van der Waals surface area contributed by atoms with Gasteiger partial charge in [-0.25, -0.2) is 0 Å². The minimum atomic E-state index is 0.473. The average molecular weight is 420 g/mol. The molecule has 0 atom stereocenters. The number of nitrogens with one attached hydrogen (secondary N) is 2. The molecular formula is C21H26ClN3S2. The van der Waals surface area contributed by atoms with Crippen LogP contribution in [-0.2, 0) is 6.54 Å². The van der Waals surface area contributed by atoms with Gasteiger partial charge in [0, 0.05) is 47.9 Å². The van der Waals surface area contributed by atoms with Gasteiger partial charge in [0.25, 0.3) is 0 Å². The summed E-state index contributed by atoms with van der Waals surface area (Å²) in [5.41, 5.74) is 1.39. The van der Waals surface area contributed by atoms with Crippen LogP contribution in [0, 0.1) is 0 Å². The van der Waals surface area contributed by atoms with Gasteiger partial charge in [-0.3, -0.25) is 4.90 Å². The van der Waals surface area contributed by atoms with Gasteiger partial charge in [0.15, 0.2) is 5.11 Å². The molecule has 1 heterocycles. The second-order valence-electron chi connectivity index (χ2n) is 6.74. The number of nitrogens with zero attached hydrogens (tertiary/aromatic N) is 1. The summed E-state index contributed by atoms with van der Waals surface area (Å²) in [7, 11) is 0. The average Bonchev–Trinajstić information content (AvgIpc) is 2.69. The largest absolute Gasteiger partial charge is 0.362 e. The molecule has 0 aromatic heterocycles. The van der Waals surface area contributed by atoms with E-state index in [4.69, 9.17) is 23.8 Å². The number of halogens is 1. The van der Waals surface area contributed by atoms with Gasteiger partial charge in [-0.05, 0) is 54.9 Å². The lowest BCUT2D eigenvalue weighted by atomic mass is 10.0. The Morgan fingerprint density at radius 3 is 2.48 bits per heavy atom. The monoisotopic (exact) mass is 419 g/mol. The molecule has 1 aliphatic rings. The fourth-order valence-corrected chi connectivity index (χ4v) is 4.34. The molecule has 0 saturated carbocycles. The van der Waals surface area contributed by atoms with E-state index >= 15 is 0 Å². The van der Waals surface area contributed by atoms with E-state index in [-0.39, 0.29) is 0 Å². The molecule has 2 aromatic carbocycles. The van der Waals surface area contributed by atoms with E-state index in [1.807, 2.05) is 24.3 Å². The number of hydrogen-bond donors (Lipinski definition) is 2. The van der Waals surface area contributed by atoms with Crippen molar-refractivity contribution in [2.45, 2.75) is 30.3 Å². The summed E-state index contributed by atoms with van der Waals surface area (Å²) < 4.78 is 0. The molecule has 1 fully saturated rings. The molecular weight excluding hydrogens is 394 g/mol. The Hall–Kier alpha value is -1.27.